The third-order valence-electron chi connectivity index (χ3n) is 2.53. The van der Waals surface area contributed by atoms with E-state index in [4.69, 9.17) is 21.1 Å². The van der Waals surface area contributed by atoms with E-state index in [1.165, 1.54) is 0 Å². The molecule has 2 rings (SSSR count). The predicted molar refractivity (Wildman–Crippen MR) is 84.9 cm³/mol. The van der Waals surface area contributed by atoms with E-state index in [2.05, 4.69) is 31.9 Å². The first-order valence-corrected chi connectivity index (χ1v) is 7.79. The molecule has 0 aromatic heterocycles. The number of alkyl halides is 1. The number of hydrogen-bond acceptors (Lipinski definition) is 2. The molecule has 0 spiro atoms. The maximum absolute atomic E-state index is 5.97. The molecule has 100 valence electrons. The molecule has 2 aromatic carbocycles. The zero-order valence-electron chi connectivity index (χ0n) is 10.1. The number of hydrogen-bond donors (Lipinski definition) is 0. The van der Waals surface area contributed by atoms with Crippen molar-refractivity contribution < 1.29 is 9.47 Å². The molecule has 0 saturated carbocycles. The van der Waals surface area contributed by atoms with Crippen LogP contribution < -0.4 is 9.47 Å². The Hall–Kier alpha value is -0.710. The van der Waals surface area contributed by atoms with Crippen LogP contribution in [0.1, 0.15) is 5.56 Å². The highest BCUT2D eigenvalue weighted by molar-refractivity contribution is 9.10. The van der Waals surface area contributed by atoms with E-state index < -0.39 is 0 Å². The van der Waals surface area contributed by atoms with Crippen molar-refractivity contribution in [3.8, 4) is 17.2 Å². The Morgan fingerprint density at radius 2 is 1.84 bits per heavy atom. The van der Waals surface area contributed by atoms with Gasteiger partial charge >= 0.3 is 0 Å². The van der Waals surface area contributed by atoms with Crippen molar-refractivity contribution in [3.63, 3.8) is 0 Å². The van der Waals surface area contributed by atoms with Gasteiger partial charge in [0.2, 0.25) is 0 Å². The Morgan fingerprint density at radius 3 is 2.47 bits per heavy atom. The minimum atomic E-state index is 0.677. The molecule has 0 aliphatic heterocycles. The number of ether oxygens (including phenoxy) is 2. The van der Waals surface area contributed by atoms with E-state index in [0.29, 0.717) is 10.4 Å². The lowest BCUT2D eigenvalue weighted by molar-refractivity contribution is 0.412. The maximum atomic E-state index is 5.97. The van der Waals surface area contributed by atoms with Crippen molar-refractivity contribution in [1.29, 1.82) is 0 Å². The largest absolute Gasteiger partial charge is 0.497 e. The number of rotatable bonds is 4. The number of methoxy groups -OCH3 is 1. The van der Waals surface area contributed by atoms with Crippen LogP contribution in [-0.4, -0.2) is 7.11 Å². The van der Waals surface area contributed by atoms with Gasteiger partial charge in [0.15, 0.2) is 0 Å². The molecule has 0 unspecified atom stereocenters. The maximum Gasteiger partial charge on any atom is 0.141 e. The second-order valence-corrected chi connectivity index (χ2v) is 5.64. The van der Waals surface area contributed by atoms with Gasteiger partial charge in [0.05, 0.1) is 11.6 Å². The van der Waals surface area contributed by atoms with E-state index in [0.717, 1.165) is 27.3 Å². The summed E-state index contributed by atoms with van der Waals surface area (Å²) in [5, 5.41) is 1.37. The molecular formula is C14H11Br2ClO2. The third-order valence-corrected chi connectivity index (χ3v) is 3.98. The fourth-order valence-electron chi connectivity index (χ4n) is 1.56. The van der Waals surface area contributed by atoms with E-state index in [-0.39, 0.29) is 0 Å². The lowest BCUT2D eigenvalue weighted by Gasteiger charge is -2.12. The quantitative estimate of drug-likeness (QED) is 0.598. The minimum absolute atomic E-state index is 0.677. The van der Waals surface area contributed by atoms with E-state index in [9.17, 15) is 0 Å². The second-order valence-electron chi connectivity index (χ2n) is 3.78. The molecular weight excluding hydrogens is 395 g/mol. The van der Waals surface area contributed by atoms with Gasteiger partial charge < -0.3 is 9.47 Å². The highest BCUT2D eigenvalue weighted by Gasteiger charge is 2.08. The SMILES string of the molecule is COc1ccc(Oc2ccc(Cl)cc2CBr)c(Br)c1. The van der Waals surface area contributed by atoms with Gasteiger partial charge in [0.1, 0.15) is 17.2 Å². The summed E-state index contributed by atoms with van der Waals surface area (Å²) in [6.07, 6.45) is 0. The van der Waals surface area contributed by atoms with Gasteiger partial charge in [0, 0.05) is 15.9 Å². The van der Waals surface area contributed by atoms with Crippen molar-refractivity contribution in [2.45, 2.75) is 5.33 Å². The van der Waals surface area contributed by atoms with Crippen LogP contribution in [0.5, 0.6) is 17.2 Å². The van der Waals surface area contributed by atoms with Gasteiger partial charge in [0.25, 0.3) is 0 Å². The zero-order valence-corrected chi connectivity index (χ0v) is 14.0. The van der Waals surface area contributed by atoms with Crippen molar-refractivity contribution in [2.24, 2.45) is 0 Å². The molecule has 0 fully saturated rings. The molecule has 2 nitrogen and oxygen atoms in total. The highest BCUT2D eigenvalue weighted by Crippen LogP contribution is 2.35. The number of halogens is 3. The summed E-state index contributed by atoms with van der Waals surface area (Å²) in [5.41, 5.74) is 0.996. The summed E-state index contributed by atoms with van der Waals surface area (Å²) in [5.74, 6) is 2.27. The van der Waals surface area contributed by atoms with Gasteiger partial charge in [-0.1, -0.05) is 27.5 Å². The molecule has 0 aliphatic carbocycles. The second kappa shape index (κ2) is 6.64. The highest BCUT2D eigenvalue weighted by atomic mass is 79.9. The molecule has 0 N–H and O–H groups in total. The van der Waals surface area contributed by atoms with Crippen LogP contribution in [0.4, 0.5) is 0 Å². The van der Waals surface area contributed by atoms with E-state index in [1.807, 2.05) is 30.3 Å². The summed E-state index contributed by atoms with van der Waals surface area (Å²) in [4.78, 5) is 0. The van der Waals surface area contributed by atoms with Crippen LogP contribution in [0.15, 0.2) is 40.9 Å². The van der Waals surface area contributed by atoms with Crippen molar-refractivity contribution in [2.75, 3.05) is 7.11 Å². The van der Waals surface area contributed by atoms with Crippen LogP contribution in [0, 0.1) is 0 Å². The zero-order chi connectivity index (χ0) is 13.8. The fraction of sp³-hybridized carbons (Fsp3) is 0.143. The normalized spacial score (nSPS) is 10.3. The lowest BCUT2D eigenvalue weighted by Crippen LogP contribution is -1.91. The molecule has 5 heteroatoms. The first kappa shape index (κ1) is 14.7. The Labute approximate surface area is 133 Å². The average molecular weight is 407 g/mol. The standard InChI is InChI=1S/C14H11Br2ClO2/c1-18-11-3-5-14(12(16)7-11)19-13-4-2-10(17)6-9(13)8-15/h2-7H,8H2,1H3. The average Bonchev–Trinajstić information content (AvgIpc) is 2.42. The lowest BCUT2D eigenvalue weighted by atomic mass is 10.2. The Bertz CT molecular complexity index is 588. The summed E-state index contributed by atoms with van der Waals surface area (Å²) >= 11 is 12.9. The molecule has 0 bridgehead atoms. The molecule has 0 saturated heterocycles. The van der Waals surface area contributed by atoms with Gasteiger partial charge in [-0.25, -0.2) is 0 Å². The smallest absolute Gasteiger partial charge is 0.141 e. The van der Waals surface area contributed by atoms with E-state index >= 15 is 0 Å². The molecule has 0 atom stereocenters. The molecule has 2 aromatic rings. The fourth-order valence-corrected chi connectivity index (χ4v) is 2.63. The van der Waals surface area contributed by atoms with Crippen LogP contribution in [0.2, 0.25) is 5.02 Å². The monoisotopic (exact) mass is 404 g/mol. The van der Waals surface area contributed by atoms with Gasteiger partial charge in [-0.3, -0.25) is 0 Å². The predicted octanol–water partition coefficient (Wildman–Crippen LogP) is 5.80. The molecule has 19 heavy (non-hydrogen) atoms. The van der Waals surface area contributed by atoms with Crippen molar-refractivity contribution >= 4 is 43.5 Å². The summed E-state index contributed by atoms with van der Waals surface area (Å²) in [6.45, 7) is 0. The van der Waals surface area contributed by atoms with Crippen LogP contribution in [0.25, 0.3) is 0 Å². The molecule has 0 aliphatic rings. The van der Waals surface area contributed by atoms with Gasteiger partial charge in [-0.05, 0) is 52.3 Å². The topological polar surface area (TPSA) is 18.5 Å². The Balaban J connectivity index is 2.31. The van der Waals surface area contributed by atoms with Gasteiger partial charge in [-0.15, -0.1) is 0 Å². The minimum Gasteiger partial charge on any atom is -0.497 e. The first-order valence-electron chi connectivity index (χ1n) is 5.50. The van der Waals surface area contributed by atoms with Crippen LogP contribution in [0.3, 0.4) is 0 Å². The molecule has 0 amide bonds. The molecule has 0 heterocycles. The molecule has 0 radical (unpaired) electrons. The van der Waals surface area contributed by atoms with Crippen molar-refractivity contribution in [1.82, 2.24) is 0 Å². The Kier molecular flexibility index (Phi) is 5.13. The Morgan fingerprint density at radius 1 is 1.11 bits per heavy atom. The van der Waals surface area contributed by atoms with Crippen LogP contribution in [-0.2, 0) is 5.33 Å². The van der Waals surface area contributed by atoms with E-state index in [1.54, 1.807) is 13.2 Å². The summed E-state index contributed by atoms with van der Waals surface area (Å²) in [6, 6.07) is 11.1. The van der Waals surface area contributed by atoms with Gasteiger partial charge in [-0.2, -0.15) is 0 Å². The van der Waals surface area contributed by atoms with Crippen molar-refractivity contribution in [3.05, 3.63) is 51.5 Å². The third kappa shape index (κ3) is 3.65. The summed E-state index contributed by atoms with van der Waals surface area (Å²) in [7, 11) is 1.63. The number of benzene rings is 2. The van der Waals surface area contributed by atoms with Crippen LogP contribution >= 0.6 is 43.5 Å². The summed E-state index contributed by atoms with van der Waals surface area (Å²) < 4.78 is 11.9. The first-order chi connectivity index (χ1) is 9.13.